The topological polar surface area (TPSA) is 156 Å². The number of carbonyl (C=O) groups excluding carboxylic acids is 4. The van der Waals surface area contributed by atoms with Crippen LogP contribution in [0.2, 0.25) is 0 Å². The molecule has 2 bridgehead atoms. The molecule has 4 heterocycles. The third-order valence-corrected chi connectivity index (χ3v) is 10.8. The van der Waals surface area contributed by atoms with Crippen LogP contribution >= 0.6 is 0 Å². The van der Waals surface area contributed by atoms with Crippen molar-refractivity contribution in [1.82, 2.24) is 30.1 Å². The second-order valence-electron chi connectivity index (χ2n) is 14.8. The summed E-state index contributed by atoms with van der Waals surface area (Å²) in [4.78, 5) is 60.1. The Morgan fingerprint density at radius 2 is 1.85 bits per heavy atom. The van der Waals surface area contributed by atoms with Crippen LogP contribution in [0.1, 0.15) is 64.5 Å². The molecule has 8 atom stereocenters. The predicted octanol–water partition coefficient (Wildman–Crippen LogP) is 3.94. The summed E-state index contributed by atoms with van der Waals surface area (Å²) >= 11 is 0. The Morgan fingerprint density at radius 1 is 1.11 bits per heavy atom. The minimum absolute atomic E-state index is 0.0304. The molecule has 3 fully saturated rings. The van der Waals surface area contributed by atoms with Crippen LogP contribution < -0.4 is 5.32 Å². The summed E-state index contributed by atoms with van der Waals surface area (Å²) in [7, 11) is 0. The van der Waals surface area contributed by atoms with Gasteiger partial charge in [-0.25, -0.2) is 4.68 Å². The molecule has 1 aromatic heterocycles. The minimum Gasteiger partial charge on any atom is -0.455 e. The fourth-order valence-electron chi connectivity index (χ4n) is 8.52. The van der Waals surface area contributed by atoms with Crippen molar-refractivity contribution in [3.63, 3.8) is 0 Å². The van der Waals surface area contributed by atoms with E-state index in [1.165, 1.54) is 4.90 Å². The second kappa shape index (κ2) is 16.0. The number of carbonyl (C=O) groups is 4. The molecule has 2 N–H and O–H groups in total. The number of ether oxygens (including phenoxy) is 2. The minimum atomic E-state index is -1.33. The molecule has 6 rings (SSSR count). The average Bonchev–Trinajstić information content (AvgIpc) is 3.91. The summed E-state index contributed by atoms with van der Waals surface area (Å²) in [6.07, 6.45) is 3.74. The van der Waals surface area contributed by atoms with E-state index in [0.717, 1.165) is 5.52 Å². The van der Waals surface area contributed by atoms with Crippen molar-refractivity contribution in [2.75, 3.05) is 13.2 Å². The molecule has 0 radical (unpaired) electrons. The number of esters is 1. The average molecular weight is 727 g/mol. The van der Waals surface area contributed by atoms with E-state index < -0.39 is 65.6 Å². The van der Waals surface area contributed by atoms with Crippen molar-refractivity contribution >= 4 is 34.7 Å². The van der Waals surface area contributed by atoms with Gasteiger partial charge in [-0.3, -0.25) is 19.2 Å². The normalized spacial score (nSPS) is 24.8. The van der Waals surface area contributed by atoms with Gasteiger partial charge in [-0.1, -0.05) is 73.7 Å². The standard InChI is InChI=1S/C40H50N6O7/c1-6-8-18-32(48)41-26(5)35(27-14-10-9-11-15-27)52-39(51)33-31-19-20-40(53-31)34(33)37(49)46(28(23-47)22-25(3)4)36(40)38(50)44(21-7-2)24-45-30-17-13-12-16-29(30)42-43-45/h6-7,9-17,25-26,28,31,33-36,47H,1-2,8,18-24H2,3-5H3,(H,41,48)/t26-,28+,31+,33-,34-,35-,36+,40-/m0/s1. The van der Waals surface area contributed by atoms with Gasteiger partial charge >= 0.3 is 5.97 Å². The zero-order valence-electron chi connectivity index (χ0n) is 30.7. The zero-order valence-corrected chi connectivity index (χ0v) is 30.7. The number of fused-ring (bicyclic) bond motifs is 2. The number of amides is 3. The van der Waals surface area contributed by atoms with Crippen LogP contribution in [-0.2, 0) is 35.3 Å². The summed E-state index contributed by atoms with van der Waals surface area (Å²) in [5.41, 5.74) is 0.758. The van der Waals surface area contributed by atoms with Crippen LogP contribution in [-0.4, -0.2) is 96.6 Å². The largest absolute Gasteiger partial charge is 0.455 e. The number of aliphatic hydroxyl groups excluding tert-OH is 1. The molecule has 0 unspecified atom stereocenters. The second-order valence-corrected chi connectivity index (χ2v) is 14.8. The van der Waals surface area contributed by atoms with Crippen molar-refractivity contribution < 1.29 is 33.8 Å². The number of benzene rings is 2. The lowest BCUT2D eigenvalue weighted by atomic mass is 9.70. The van der Waals surface area contributed by atoms with E-state index in [1.54, 1.807) is 28.7 Å². The van der Waals surface area contributed by atoms with Crippen LogP contribution in [0.3, 0.4) is 0 Å². The molecule has 3 aliphatic heterocycles. The molecule has 3 saturated heterocycles. The van der Waals surface area contributed by atoms with Crippen LogP contribution in [0.25, 0.3) is 11.0 Å². The Morgan fingerprint density at radius 3 is 2.55 bits per heavy atom. The van der Waals surface area contributed by atoms with Gasteiger partial charge in [-0.15, -0.1) is 18.3 Å². The number of nitrogens with zero attached hydrogens (tertiary/aromatic N) is 5. The highest BCUT2D eigenvalue weighted by Crippen LogP contribution is 2.59. The van der Waals surface area contributed by atoms with Crippen molar-refractivity contribution in [2.45, 2.75) is 95.5 Å². The Balaban J connectivity index is 1.34. The summed E-state index contributed by atoms with van der Waals surface area (Å²) in [5.74, 6) is -3.58. The Hall–Kier alpha value is -4.88. The van der Waals surface area contributed by atoms with E-state index in [4.69, 9.17) is 9.47 Å². The third kappa shape index (κ3) is 7.24. The first-order valence-electron chi connectivity index (χ1n) is 18.5. The van der Waals surface area contributed by atoms with Crippen LogP contribution in [0, 0.1) is 17.8 Å². The van der Waals surface area contributed by atoms with Gasteiger partial charge in [0.2, 0.25) is 17.7 Å². The Bertz CT molecular complexity index is 1830. The van der Waals surface area contributed by atoms with Crippen molar-refractivity contribution in [3.05, 3.63) is 85.5 Å². The molecule has 3 aromatic rings. The molecule has 13 heteroatoms. The number of hydrogen-bond donors (Lipinski definition) is 2. The zero-order chi connectivity index (χ0) is 37.9. The molecular formula is C40H50N6O7. The van der Waals surface area contributed by atoms with Gasteiger partial charge in [0.25, 0.3) is 0 Å². The molecule has 3 amide bonds. The number of hydrogen-bond acceptors (Lipinski definition) is 9. The third-order valence-electron chi connectivity index (χ3n) is 10.8. The van der Waals surface area contributed by atoms with E-state index in [9.17, 15) is 24.3 Å². The molecule has 3 aliphatic rings. The summed E-state index contributed by atoms with van der Waals surface area (Å²) in [5, 5.41) is 22.2. The van der Waals surface area contributed by atoms with Gasteiger partial charge in [-0.2, -0.15) is 0 Å². The molecule has 53 heavy (non-hydrogen) atoms. The van der Waals surface area contributed by atoms with E-state index in [0.29, 0.717) is 36.8 Å². The van der Waals surface area contributed by atoms with E-state index >= 15 is 0 Å². The van der Waals surface area contributed by atoms with Crippen LogP contribution in [0.5, 0.6) is 0 Å². The van der Waals surface area contributed by atoms with E-state index in [2.05, 4.69) is 28.8 Å². The van der Waals surface area contributed by atoms with Crippen LogP contribution in [0.15, 0.2) is 79.9 Å². The predicted molar refractivity (Wildman–Crippen MR) is 197 cm³/mol. The molecule has 282 valence electrons. The number of para-hydroxylation sites is 1. The van der Waals surface area contributed by atoms with Gasteiger partial charge < -0.3 is 29.7 Å². The van der Waals surface area contributed by atoms with Crippen molar-refractivity contribution in [3.8, 4) is 0 Å². The number of rotatable bonds is 17. The fourth-order valence-corrected chi connectivity index (χ4v) is 8.52. The van der Waals surface area contributed by atoms with Gasteiger partial charge in [0.05, 0.1) is 42.1 Å². The first-order valence-corrected chi connectivity index (χ1v) is 18.5. The van der Waals surface area contributed by atoms with Crippen molar-refractivity contribution in [2.24, 2.45) is 17.8 Å². The number of allylic oxidation sites excluding steroid dienone is 1. The molecule has 1 spiro atoms. The number of likely N-dealkylation sites (tertiary alicyclic amines) is 1. The highest BCUT2D eigenvalue weighted by molar-refractivity contribution is 5.98. The molecule has 0 aliphatic carbocycles. The van der Waals surface area contributed by atoms with Gasteiger partial charge in [0.1, 0.15) is 29.9 Å². The summed E-state index contributed by atoms with van der Waals surface area (Å²) in [6.45, 7) is 13.1. The Kier molecular flexibility index (Phi) is 11.4. The molecule has 0 saturated carbocycles. The highest BCUT2D eigenvalue weighted by atomic mass is 16.6. The SMILES string of the molecule is C=CCCC(=O)N[C@@H](C)[C@H](OC(=O)[C@@H]1[C@H]2C(=O)N([C@@H](CO)CC(C)C)[C@H](C(=O)N(CC=C)Cn3nnc4ccccc43)[C@]23CC[C@H]1O3)c1ccccc1. The highest BCUT2D eigenvalue weighted by Gasteiger charge is 2.75. The molecular weight excluding hydrogens is 676 g/mol. The summed E-state index contributed by atoms with van der Waals surface area (Å²) < 4.78 is 14.6. The molecule has 2 aromatic carbocycles. The maximum Gasteiger partial charge on any atom is 0.313 e. The smallest absolute Gasteiger partial charge is 0.313 e. The monoisotopic (exact) mass is 726 g/mol. The van der Waals surface area contributed by atoms with E-state index in [-0.39, 0.29) is 38.1 Å². The van der Waals surface area contributed by atoms with Gasteiger partial charge in [-0.05, 0) is 56.2 Å². The maximum absolute atomic E-state index is 15.0. The number of nitrogens with one attached hydrogen (secondary N) is 1. The van der Waals surface area contributed by atoms with E-state index in [1.807, 2.05) is 68.4 Å². The first kappa shape index (κ1) is 37.9. The maximum atomic E-state index is 15.0. The fraction of sp³-hybridized carbons (Fsp3) is 0.500. The lowest BCUT2D eigenvalue weighted by molar-refractivity contribution is -0.163. The molecule has 13 nitrogen and oxygen atoms in total. The van der Waals surface area contributed by atoms with Crippen LogP contribution in [0.4, 0.5) is 0 Å². The lowest BCUT2D eigenvalue weighted by Crippen LogP contribution is -2.59. The first-order chi connectivity index (χ1) is 25.5. The van der Waals surface area contributed by atoms with Crippen molar-refractivity contribution in [1.29, 1.82) is 0 Å². The van der Waals surface area contributed by atoms with Gasteiger partial charge in [0, 0.05) is 13.0 Å². The Labute approximate surface area is 310 Å². The lowest BCUT2D eigenvalue weighted by Gasteiger charge is -2.39. The quantitative estimate of drug-likeness (QED) is 0.155. The number of aliphatic hydroxyl groups is 1. The summed E-state index contributed by atoms with van der Waals surface area (Å²) in [6, 6.07) is 14.2. The number of aromatic nitrogens is 3. The van der Waals surface area contributed by atoms with Gasteiger partial charge in [0.15, 0.2) is 0 Å².